The van der Waals surface area contributed by atoms with E-state index in [1.54, 1.807) is 0 Å². The quantitative estimate of drug-likeness (QED) is 0.312. The van der Waals surface area contributed by atoms with Crippen molar-refractivity contribution >= 4 is 21.8 Å². The molecule has 0 bridgehead atoms. The minimum absolute atomic E-state index is 0.206. The summed E-state index contributed by atoms with van der Waals surface area (Å²) in [4.78, 5) is 0. The normalized spacial score (nSPS) is 13.3. The monoisotopic (exact) mass is 264 g/mol. The molecule has 0 aliphatic heterocycles. The van der Waals surface area contributed by atoms with Crippen LogP contribution in [0.3, 0.4) is 0 Å². The van der Waals surface area contributed by atoms with Crippen molar-refractivity contribution in [3.05, 3.63) is 18.2 Å². The third-order valence-corrected chi connectivity index (χ3v) is 2.11. The summed E-state index contributed by atoms with van der Waals surface area (Å²) < 4.78 is 37.5. The maximum Gasteiger partial charge on any atom is 0.400 e. The summed E-state index contributed by atoms with van der Waals surface area (Å²) in [6, 6.07) is 4.40. The van der Waals surface area contributed by atoms with Crippen LogP contribution in [0.15, 0.2) is 18.2 Å². The zero-order chi connectivity index (χ0) is 13.1. The van der Waals surface area contributed by atoms with Gasteiger partial charge in [-0.25, -0.2) is 4.18 Å². The number of hydrogen-bond acceptors (Lipinski definition) is 7. The number of aliphatic hydroxyl groups excluding tert-OH is 1. The standard InChI is InChI=1S/C8H12N2O6S/c9-5-1-2-7(6(10)3-5)15-4-8(11)16-17(12,13)14/h1-3,8,11H,4,9-10H2,(H,12,13,14)/t8-/m0/s1. The fraction of sp³-hybridized carbons (Fsp3) is 0.250. The molecule has 96 valence electrons. The Morgan fingerprint density at radius 1 is 1.35 bits per heavy atom. The van der Waals surface area contributed by atoms with E-state index in [0.717, 1.165) is 0 Å². The Labute approximate surface area is 97.7 Å². The first-order chi connectivity index (χ1) is 7.78. The summed E-state index contributed by atoms with van der Waals surface area (Å²) in [6.45, 7) is -0.520. The molecule has 0 saturated carbocycles. The molecular formula is C8H12N2O6S. The van der Waals surface area contributed by atoms with Gasteiger partial charge in [0.1, 0.15) is 12.4 Å². The lowest BCUT2D eigenvalue weighted by molar-refractivity contribution is -0.0493. The van der Waals surface area contributed by atoms with Crippen molar-refractivity contribution < 1.29 is 27.0 Å². The van der Waals surface area contributed by atoms with Gasteiger partial charge < -0.3 is 21.3 Å². The highest BCUT2D eigenvalue weighted by Crippen LogP contribution is 2.23. The summed E-state index contributed by atoms with van der Waals surface area (Å²) in [6.07, 6.45) is -1.83. The molecule has 0 aromatic heterocycles. The molecule has 1 atom stereocenters. The number of nitrogen functional groups attached to an aromatic ring is 2. The van der Waals surface area contributed by atoms with Crippen molar-refractivity contribution in [3.8, 4) is 5.75 Å². The van der Waals surface area contributed by atoms with Crippen LogP contribution >= 0.6 is 0 Å². The van der Waals surface area contributed by atoms with E-state index in [9.17, 15) is 8.42 Å². The molecule has 0 fully saturated rings. The van der Waals surface area contributed by atoms with Gasteiger partial charge in [0.2, 0.25) is 6.29 Å². The van der Waals surface area contributed by atoms with Gasteiger partial charge in [-0.05, 0) is 18.2 Å². The van der Waals surface area contributed by atoms with Crippen LogP contribution < -0.4 is 16.2 Å². The van der Waals surface area contributed by atoms with Gasteiger partial charge in [0.15, 0.2) is 0 Å². The van der Waals surface area contributed by atoms with Gasteiger partial charge in [0, 0.05) is 5.69 Å². The number of hydrogen-bond donors (Lipinski definition) is 4. The smallest absolute Gasteiger partial charge is 0.400 e. The van der Waals surface area contributed by atoms with Crippen LogP contribution in [-0.2, 0) is 14.6 Å². The SMILES string of the molecule is Nc1ccc(OC[C@@H](O)OS(=O)(=O)O)c(N)c1. The molecule has 1 rings (SSSR count). The lowest BCUT2D eigenvalue weighted by atomic mass is 10.2. The number of aliphatic hydroxyl groups is 1. The Balaban J connectivity index is 2.56. The van der Waals surface area contributed by atoms with Crippen LogP contribution in [-0.4, -0.2) is 31.0 Å². The predicted octanol–water partition coefficient (Wildman–Crippen LogP) is -0.632. The second kappa shape index (κ2) is 5.19. The zero-order valence-corrected chi connectivity index (χ0v) is 9.42. The molecule has 0 saturated heterocycles. The van der Waals surface area contributed by atoms with Gasteiger partial charge in [-0.15, -0.1) is 0 Å². The van der Waals surface area contributed by atoms with E-state index in [1.165, 1.54) is 18.2 Å². The van der Waals surface area contributed by atoms with Crippen molar-refractivity contribution in [1.29, 1.82) is 0 Å². The van der Waals surface area contributed by atoms with E-state index in [1.807, 2.05) is 0 Å². The molecule has 0 radical (unpaired) electrons. The summed E-state index contributed by atoms with van der Waals surface area (Å²) in [7, 11) is -4.73. The molecule has 0 aliphatic carbocycles. The molecule has 0 heterocycles. The molecule has 0 spiro atoms. The van der Waals surface area contributed by atoms with Gasteiger partial charge in [0.05, 0.1) is 5.69 Å². The maximum atomic E-state index is 10.2. The fourth-order valence-electron chi connectivity index (χ4n) is 1.03. The molecule has 1 aromatic rings. The van der Waals surface area contributed by atoms with E-state index in [0.29, 0.717) is 5.69 Å². The van der Waals surface area contributed by atoms with Crippen molar-refractivity contribution in [1.82, 2.24) is 0 Å². The topological polar surface area (TPSA) is 145 Å². The molecule has 0 aliphatic rings. The van der Waals surface area contributed by atoms with Crippen LogP contribution in [0.2, 0.25) is 0 Å². The number of rotatable bonds is 5. The maximum absolute atomic E-state index is 10.2. The number of anilines is 2. The molecule has 0 unspecified atom stereocenters. The van der Waals surface area contributed by atoms with Crippen molar-refractivity contribution in [2.75, 3.05) is 18.1 Å². The highest BCUT2D eigenvalue weighted by molar-refractivity contribution is 7.80. The number of ether oxygens (including phenoxy) is 1. The van der Waals surface area contributed by atoms with E-state index >= 15 is 0 Å². The lowest BCUT2D eigenvalue weighted by Crippen LogP contribution is -2.24. The fourth-order valence-corrected chi connectivity index (χ4v) is 1.36. The van der Waals surface area contributed by atoms with Crippen LogP contribution in [0.25, 0.3) is 0 Å². The summed E-state index contributed by atoms with van der Waals surface area (Å²) >= 11 is 0. The minimum Gasteiger partial charge on any atom is -0.486 e. The molecule has 9 heteroatoms. The van der Waals surface area contributed by atoms with Crippen LogP contribution in [0.4, 0.5) is 11.4 Å². The summed E-state index contributed by atoms with van der Waals surface area (Å²) in [5, 5.41) is 9.04. The Kier molecular flexibility index (Phi) is 4.12. The van der Waals surface area contributed by atoms with Crippen LogP contribution in [0, 0.1) is 0 Å². The Morgan fingerprint density at radius 2 is 2.00 bits per heavy atom. The first-order valence-electron chi connectivity index (χ1n) is 4.39. The zero-order valence-electron chi connectivity index (χ0n) is 8.61. The summed E-state index contributed by atoms with van der Waals surface area (Å²) in [5.74, 6) is 0.206. The number of benzene rings is 1. The van der Waals surface area contributed by atoms with E-state index in [4.69, 9.17) is 25.9 Å². The Bertz CT molecular complexity index is 489. The largest absolute Gasteiger partial charge is 0.486 e. The van der Waals surface area contributed by atoms with Gasteiger partial charge >= 0.3 is 10.4 Å². The molecular weight excluding hydrogens is 252 g/mol. The van der Waals surface area contributed by atoms with Crippen molar-refractivity contribution in [2.24, 2.45) is 0 Å². The van der Waals surface area contributed by atoms with Gasteiger partial charge in [-0.1, -0.05) is 0 Å². The van der Waals surface area contributed by atoms with Crippen LogP contribution in [0.1, 0.15) is 0 Å². The van der Waals surface area contributed by atoms with E-state index in [2.05, 4.69) is 4.18 Å². The van der Waals surface area contributed by atoms with Gasteiger partial charge in [-0.3, -0.25) is 4.55 Å². The first-order valence-corrected chi connectivity index (χ1v) is 5.76. The lowest BCUT2D eigenvalue weighted by Gasteiger charge is -2.12. The molecule has 0 amide bonds. The molecule has 17 heavy (non-hydrogen) atoms. The van der Waals surface area contributed by atoms with Crippen molar-refractivity contribution in [2.45, 2.75) is 6.29 Å². The Morgan fingerprint density at radius 3 is 2.53 bits per heavy atom. The molecule has 1 aromatic carbocycles. The third-order valence-electron chi connectivity index (χ3n) is 1.65. The second-order valence-electron chi connectivity index (χ2n) is 3.09. The van der Waals surface area contributed by atoms with E-state index in [-0.39, 0.29) is 11.4 Å². The van der Waals surface area contributed by atoms with Gasteiger partial charge in [0.25, 0.3) is 0 Å². The third kappa shape index (κ3) is 4.87. The summed E-state index contributed by atoms with van der Waals surface area (Å²) in [5.41, 5.74) is 11.6. The molecule has 6 N–H and O–H groups in total. The van der Waals surface area contributed by atoms with Gasteiger partial charge in [-0.2, -0.15) is 8.42 Å². The van der Waals surface area contributed by atoms with Crippen molar-refractivity contribution in [3.63, 3.8) is 0 Å². The highest BCUT2D eigenvalue weighted by atomic mass is 32.3. The Hall–Kier alpha value is -1.55. The average molecular weight is 264 g/mol. The second-order valence-corrected chi connectivity index (χ2v) is 4.13. The number of nitrogens with two attached hydrogens (primary N) is 2. The first kappa shape index (κ1) is 13.5. The predicted molar refractivity (Wildman–Crippen MR) is 59.4 cm³/mol. The van der Waals surface area contributed by atoms with E-state index < -0.39 is 23.3 Å². The minimum atomic E-state index is -4.73. The van der Waals surface area contributed by atoms with Crippen LogP contribution in [0.5, 0.6) is 5.75 Å². The average Bonchev–Trinajstić information content (AvgIpc) is 2.13. The molecule has 8 nitrogen and oxygen atoms in total. The highest BCUT2D eigenvalue weighted by Gasteiger charge is 2.15.